The lowest BCUT2D eigenvalue weighted by molar-refractivity contribution is -0.114. The maximum Gasteiger partial charge on any atom is 0.250 e. The van der Waals surface area contributed by atoms with Crippen LogP contribution in [0.25, 0.3) is 6.08 Å². The van der Waals surface area contributed by atoms with Gasteiger partial charge in [-0.05, 0) is 61.4 Å². The van der Waals surface area contributed by atoms with Crippen molar-refractivity contribution in [2.75, 3.05) is 38.8 Å². The number of hydrogen-bond donors (Lipinski definition) is 6. The molecule has 10 heteroatoms. The van der Waals surface area contributed by atoms with Crippen LogP contribution < -0.4 is 16.4 Å². The quantitative estimate of drug-likeness (QED) is 0.0503. The van der Waals surface area contributed by atoms with Crippen molar-refractivity contribution in [3.8, 4) is 0 Å². The van der Waals surface area contributed by atoms with Gasteiger partial charge in [0.25, 0.3) is 0 Å². The Bertz CT molecular complexity index is 1170. The summed E-state index contributed by atoms with van der Waals surface area (Å²) < 4.78 is 5.54. The number of carbonyl (C=O) groups is 2. The van der Waals surface area contributed by atoms with Crippen molar-refractivity contribution in [1.29, 1.82) is 0 Å². The fourth-order valence-corrected chi connectivity index (χ4v) is 3.39. The number of hydroxylamine groups is 2. The van der Waals surface area contributed by atoms with Crippen LogP contribution in [0.4, 0.5) is 5.69 Å². The van der Waals surface area contributed by atoms with Crippen LogP contribution in [0.2, 0.25) is 0 Å². The number of methoxy groups -OCH3 is 1. The van der Waals surface area contributed by atoms with Gasteiger partial charge in [-0.25, -0.2) is 0 Å². The van der Waals surface area contributed by atoms with E-state index in [0.29, 0.717) is 12.1 Å². The summed E-state index contributed by atoms with van der Waals surface area (Å²) in [6.45, 7) is 10.8. The summed E-state index contributed by atoms with van der Waals surface area (Å²) in [6.07, 6.45) is 7.63. The first-order valence-electron chi connectivity index (χ1n) is 13.9. The maximum atomic E-state index is 11.4. The number of nitrogens with two attached hydrogens (primary N) is 1. The van der Waals surface area contributed by atoms with Crippen molar-refractivity contribution in [2.45, 2.75) is 40.3 Å². The van der Waals surface area contributed by atoms with E-state index in [4.69, 9.17) is 20.5 Å². The van der Waals surface area contributed by atoms with Crippen LogP contribution in [-0.4, -0.2) is 61.5 Å². The molecular formula is C33H51N5O4S. The summed E-state index contributed by atoms with van der Waals surface area (Å²) >= 11 is 3.96. The third kappa shape index (κ3) is 19.8. The van der Waals surface area contributed by atoms with Crippen LogP contribution in [0.5, 0.6) is 0 Å². The lowest BCUT2D eigenvalue weighted by atomic mass is 10.1. The van der Waals surface area contributed by atoms with Gasteiger partial charge in [-0.2, -0.15) is 17.7 Å². The summed E-state index contributed by atoms with van der Waals surface area (Å²) in [6, 6.07) is 20.1. The van der Waals surface area contributed by atoms with Gasteiger partial charge in [0, 0.05) is 45.8 Å². The number of hydrogen-bond acceptors (Lipinski definition) is 8. The Morgan fingerprint density at radius 2 is 1.79 bits per heavy atom. The Kier molecular flexibility index (Phi) is 26.0. The second-order valence-corrected chi connectivity index (χ2v) is 9.11. The lowest BCUT2D eigenvalue weighted by Crippen LogP contribution is -2.14. The first-order valence-corrected chi connectivity index (χ1v) is 14.5. The normalized spacial score (nSPS) is 10.9. The van der Waals surface area contributed by atoms with Gasteiger partial charge in [-0.3, -0.25) is 4.79 Å². The molecule has 0 aliphatic rings. The smallest absolute Gasteiger partial charge is 0.250 e. The number of anilines is 1. The van der Waals surface area contributed by atoms with Gasteiger partial charge < -0.3 is 36.1 Å². The third-order valence-corrected chi connectivity index (χ3v) is 5.62. The van der Waals surface area contributed by atoms with Crippen LogP contribution in [0, 0.1) is 13.8 Å². The molecule has 0 aliphatic carbocycles. The Morgan fingerprint density at radius 1 is 1.14 bits per heavy atom. The summed E-state index contributed by atoms with van der Waals surface area (Å²) in [4.78, 5) is 22.5. The molecule has 3 rings (SSSR count). The average molecular weight is 614 g/mol. The molecule has 0 fully saturated rings. The van der Waals surface area contributed by atoms with Crippen LogP contribution in [0.1, 0.15) is 48.9 Å². The number of aryl methyl sites for hydroxylation is 2. The van der Waals surface area contributed by atoms with Gasteiger partial charge in [-0.15, -0.1) is 0 Å². The first kappa shape index (κ1) is 41.3. The molecule has 6 N–H and O–H groups in total. The standard InChI is InChI=1S/C19H24N4O2.C7H8.C4H11NOS.C2H6.CH2O/c1-13-9-10-22-17(13)19(25-3)23-16-6-4-5-14(11-16)7-8-15(12-21-2)18(20)24;1-7-5-3-2-4-6-7;1-5(6)3-2-4-7;2*1-2/h4-12,19,21-23H,1-3H3,(H2,20,24);2-6H,1H3;6-7H,2-4H2,1H3;1-2H3;1H2/b8-7+,15-12+;;;;. The first-order chi connectivity index (χ1) is 20.7. The number of nitrogens with zero attached hydrogens (tertiary/aromatic N) is 1. The van der Waals surface area contributed by atoms with Gasteiger partial charge in [-0.1, -0.05) is 68.0 Å². The van der Waals surface area contributed by atoms with Crippen LogP contribution in [-0.2, 0) is 14.3 Å². The maximum absolute atomic E-state index is 11.4. The predicted octanol–water partition coefficient (Wildman–Crippen LogP) is 6.15. The Morgan fingerprint density at radius 3 is 2.21 bits per heavy atom. The Balaban J connectivity index is 0. The molecule has 1 amide bonds. The van der Waals surface area contributed by atoms with E-state index in [-0.39, 0.29) is 6.23 Å². The lowest BCUT2D eigenvalue weighted by Gasteiger charge is -2.18. The van der Waals surface area contributed by atoms with E-state index in [1.165, 1.54) is 5.56 Å². The summed E-state index contributed by atoms with van der Waals surface area (Å²) in [5, 5.41) is 15.8. The van der Waals surface area contributed by atoms with Gasteiger partial charge in [0.15, 0.2) is 6.23 Å². The highest BCUT2D eigenvalue weighted by Crippen LogP contribution is 2.23. The average Bonchev–Trinajstić information content (AvgIpc) is 3.45. The molecule has 1 atom stereocenters. The zero-order valence-corrected chi connectivity index (χ0v) is 27.5. The highest BCUT2D eigenvalue weighted by atomic mass is 32.1. The van der Waals surface area contributed by atoms with Crippen LogP contribution in [0.3, 0.4) is 0 Å². The van der Waals surface area contributed by atoms with Gasteiger partial charge in [0.2, 0.25) is 5.91 Å². The minimum absolute atomic E-state index is 0.278. The van der Waals surface area contributed by atoms with Gasteiger partial charge in [0.05, 0.1) is 11.3 Å². The largest absolute Gasteiger partial charge is 0.393 e. The molecule has 1 heterocycles. The second-order valence-electron chi connectivity index (χ2n) is 8.66. The van der Waals surface area contributed by atoms with E-state index in [9.17, 15) is 4.79 Å². The van der Waals surface area contributed by atoms with Gasteiger partial charge in [0.1, 0.15) is 6.79 Å². The molecule has 1 unspecified atom stereocenters. The van der Waals surface area contributed by atoms with Crippen molar-refractivity contribution in [2.24, 2.45) is 5.73 Å². The molecule has 238 valence electrons. The van der Waals surface area contributed by atoms with Crippen molar-refractivity contribution in [3.05, 3.63) is 107 Å². The van der Waals surface area contributed by atoms with E-state index in [1.807, 2.05) is 88.4 Å². The number of amides is 1. The number of rotatable bonds is 11. The molecule has 43 heavy (non-hydrogen) atoms. The molecule has 1 aromatic heterocycles. The predicted molar refractivity (Wildman–Crippen MR) is 183 cm³/mol. The third-order valence-electron chi connectivity index (χ3n) is 5.30. The van der Waals surface area contributed by atoms with Crippen molar-refractivity contribution in [1.82, 2.24) is 15.4 Å². The number of H-pyrrole nitrogens is 1. The number of thiol groups is 1. The number of aromatic amines is 1. The zero-order chi connectivity index (χ0) is 33.0. The summed E-state index contributed by atoms with van der Waals surface area (Å²) in [5.74, 6) is 0.354. The highest BCUT2D eigenvalue weighted by Gasteiger charge is 2.13. The fraction of sp³-hybridized carbons (Fsp3) is 0.333. The van der Waals surface area contributed by atoms with E-state index >= 15 is 0 Å². The summed E-state index contributed by atoms with van der Waals surface area (Å²) in [7, 11) is 5.00. The summed E-state index contributed by atoms with van der Waals surface area (Å²) in [5.41, 5.74) is 11.0. The minimum atomic E-state index is -0.485. The number of benzene rings is 2. The van der Waals surface area contributed by atoms with E-state index in [0.717, 1.165) is 39.7 Å². The van der Waals surface area contributed by atoms with E-state index in [2.05, 4.69) is 47.3 Å². The monoisotopic (exact) mass is 613 g/mol. The van der Waals surface area contributed by atoms with Gasteiger partial charge >= 0.3 is 0 Å². The zero-order valence-electron chi connectivity index (χ0n) is 26.6. The fourth-order valence-electron chi connectivity index (χ4n) is 3.25. The Labute approximate surface area is 263 Å². The van der Waals surface area contributed by atoms with Crippen molar-refractivity contribution in [3.63, 3.8) is 0 Å². The number of nitrogens with one attached hydrogen (secondary N) is 3. The minimum Gasteiger partial charge on any atom is -0.393 e. The molecule has 0 bridgehead atoms. The molecule has 0 radical (unpaired) electrons. The second kappa shape index (κ2) is 27.0. The molecule has 9 nitrogen and oxygen atoms in total. The molecule has 2 aromatic carbocycles. The van der Waals surface area contributed by atoms with Crippen LogP contribution >= 0.6 is 12.6 Å². The topological polar surface area (TPSA) is 133 Å². The number of carbonyl (C=O) groups excluding carboxylic acids is 2. The van der Waals surface area contributed by atoms with Crippen molar-refractivity contribution < 1.29 is 19.5 Å². The highest BCUT2D eigenvalue weighted by molar-refractivity contribution is 7.80. The molecular weight excluding hydrogens is 562 g/mol. The van der Waals surface area contributed by atoms with E-state index in [1.54, 1.807) is 33.5 Å². The molecule has 0 spiro atoms. The molecule has 0 aliphatic heterocycles. The van der Waals surface area contributed by atoms with Crippen LogP contribution in [0.15, 0.2) is 84.7 Å². The molecule has 3 aromatic rings. The molecule has 0 saturated heterocycles. The number of ether oxygens (including phenoxy) is 1. The van der Waals surface area contributed by atoms with Crippen molar-refractivity contribution >= 4 is 37.1 Å². The Hall–Kier alpha value is -3.83. The number of aromatic nitrogens is 1. The molecule has 0 saturated carbocycles. The number of primary amides is 1. The van der Waals surface area contributed by atoms with E-state index < -0.39 is 5.91 Å². The SMILES string of the molecule is C=O.CC.CN(O)CCCS.CN/C=C(\C=C\c1cccc(NC(OC)c2[nH]ccc2C)c1)C(N)=O.Cc1ccccc1.